The molecule has 0 aliphatic carbocycles. The Morgan fingerprint density at radius 2 is 1.44 bits per heavy atom. The number of nitrogens with one attached hydrogen (secondary N) is 1. The second-order valence-corrected chi connectivity index (χ2v) is 5.31. The highest BCUT2D eigenvalue weighted by molar-refractivity contribution is 5.68. The summed E-state index contributed by atoms with van der Waals surface area (Å²) in [5.41, 5.74) is 2.77. The average Bonchev–Trinajstić information content (AvgIpc) is 2.68. The van der Waals surface area contributed by atoms with Gasteiger partial charge in [-0.2, -0.15) is 0 Å². The molecule has 0 saturated carbocycles. The number of aromatic nitrogens is 1. The normalized spacial score (nSPS) is 10.2. The van der Waals surface area contributed by atoms with Crippen molar-refractivity contribution >= 4 is 11.5 Å². The highest BCUT2D eigenvalue weighted by atomic mass is 16.5. The number of hydrogen-bond donors (Lipinski definition) is 1. The Morgan fingerprint density at radius 3 is 2.04 bits per heavy atom. The summed E-state index contributed by atoms with van der Waals surface area (Å²) in [5, 5.41) is 3.29. The fourth-order valence-corrected chi connectivity index (χ4v) is 2.58. The van der Waals surface area contributed by atoms with Crippen LogP contribution < -0.4 is 19.5 Å². The lowest BCUT2D eigenvalue weighted by Gasteiger charge is -2.15. The summed E-state index contributed by atoms with van der Waals surface area (Å²) < 4.78 is 16.1. The van der Waals surface area contributed by atoms with Gasteiger partial charge in [0.25, 0.3) is 0 Å². The van der Waals surface area contributed by atoms with Gasteiger partial charge in [0, 0.05) is 23.4 Å². The van der Waals surface area contributed by atoms with E-state index >= 15 is 0 Å². The van der Waals surface area contributed by atoms with E-state index in [4.69, 9.17) is 14.2 Å². The Labute approximate surface area is 147 Å². The summed E-state index contributed by atoms with van der Waals surface area (Å²) in [6.45, 7) is 0. The summed E-state index contributed by atoms with van der Waals surface area (Å²) in [4.78, 5) is 4.67. The Balaban J connectivity index is 1.93. The van der Waals surface area contributed by atoms with Gasteiger partial charge in [-0.3, -0.25) is 0 Å². The van der Waals surface area contributed by atoms with Gasteiger partial charge in [0.05, 0.1) is 27.0 Å². The van der Waals surface area contributed by atoms with Crippen LogP contribution in [-0.4, -0.2) is 26.3 Å². The van der Waals surface area contributed by atoms with Crippen LogP contribution in [0.2, 0.25) is 0 Å². The number of hydrogen-bond acceptors (Lipinski definition) is 5. The van der Waals surface area contributed by atoms with Crippen LogP contribution in [-0.2, 0) is 0 Å². The molecule has 0 spiro atoms. The molecule has 0 fully saturated rings. The molecule has 0 radical (unpaired) electrons. The SMILES string of the molecule is COc1cc(Nc2cccc(-c3ccccc3)n2)cc(OC)c1OC. The van der Waals surface area contributed by atoms with Gasteiger partial charge in [-0.25, -0.2) is 4.98 Å². The van der Waals surface area contributed by atoms with E-state index in [-0.39, 0.29) is 0 Å². The van der Waals surface area contributed by atoms with Crippen molar-refractivity contribution < 1.29 is 14.2 Å². The zero-order valence-electron chi connectivity index (χ0n) is 14.4. The summed E-state index contributed by atoms with van der Waals surface area (Å²) in [6.07, 6.45) is 0. The number of ether oxygens (including phenoxy) is 3. The Hall–Kier alpha value is -3.21. The van der Waals surface area contributed by atoms with Crippen LogP contribution in [0.15, 0.2) is 60.7 Å². The topological polar surface area (TPSA) is 52.6 Å². The van der Waals surface area contributed by atoms with E-state index in [0.29, 0.717) is 17.2 Å². The minimum Gasteiger partial charge on any atom is -0.493 e. The lowest BCUT2D eigenvalue weighted by atomic mass is 10.1. The molecule has 0 saturated heterocycles. The van der Waals surface area contributed by atoms with Crippen molar-refractivity contribution in [2.24, 2.45) is 0 Å². The summed E-state index contributed by atoms with van der Waals surface area (Å²) >= 11 is 0. The number of methoxy groups -OCH3 is 3. The van der Waals surface area contributed by atoms with Crippen LogP contribution in [0, 0.1) is 0 Å². The number of nitrogens with zero attached hydrogens (tertiary/aromatic N) is 1. The van der Waals surface area contributed by atoms with E-state index in [1.165, 1.54) is 0 Å². The Morgan fingerprint density at radius 1 is 0.760 bits per heavy atom. The molecule has 1 heterocycles. The monoisotopic (exact) mass is 336 g/mol. The van der Waals surface area contributed by atoms with Crippen molar-refractivity contribution in [1.82, 2.24) is 4.98 Å². The summed E-state index contributed by atoms with van der Waals surface area (Å²) in [5.74, 6) is 2.46. The van der Waals surface area contributed by atoms with Crippen molar-refractivity contribution in [2.45, 2.75) is 0 Å². The lowest BCUT2D eigenvalue weighted by Crippen LogP contribution is -1.99. The molecule has 0 amide bonds. The molecule has 0 atom stereocenters. The van der Waals surface area contributed by atoms with Crippen LogP contribution in [0.1, 0.15) is 0 Å². The van der Waals surface area contributed by atoms with Gasteiger partial charge in [0.1, 0.15) is 5.82 Å². The third-order valence-electron chi connectivity index (χ3n) is 3.76. The smallest absolute Gasteiger partial charge is 0.203 e. The van der Waals surface area contributed by atoms with Crippen molar-refractivity contribution in [3.8, 4) is 28.5 Å². The number of anilines is 2. The lowest BCUT2D eigenvalue weighted by molar-refractivity contribution is 0.324. The minimum absolute atomic E-state index is 0.557. The fraction of sp³-hybridized carbons (Fsp3) is 0.150. The van der Waals surface area contributed by atoms with Crippen LogP contribution in [0.5, 0.6) is 17.2 Å². The quantitative estimate of drug-likeness (QED) is 0.717. The average molecular weight is 336 g/mol. The molecule has 0 aliphatic heterocycles. The molecule has 1 aromatic heterocycles. The predicted molar refractivity (Wildman–Crippen MR) is 99.1 cm³/mol. The maximum Gasteiger partial charge on any atom is 0.203 e. The van der Waals surface area contributed by atoms with E-state index in [2.05, 4.69) is 10.3 Å². The van der Waals surface area contributed by atoms with Gasteiger partial charge in [-0.05, 0) is 12.1 Å². The first-order valence-electron chi connectivity index (χ1n) is 7.84. The molecule has 0 aliphatic rings. The molecular formula is C20H20N2O3. The summed E-state index contributed by atoms with van der Waals surface area (Å²) in [7, 11) is 4.77. The van der Waals surface area contributed by atoms with Gasteiger partial charge in [-0.15, -0.1) is 0 Å². The zero-order valence-corrected chi connectivity index (χ0v) is 14.4. The molecule has 2 aromatic carbocycles. The van der Waals surface area contributed by atoms with E-state index < -0.39 is 0 Å². The van der Waals surface area contributed by atoms with Crippen LogP contribution >= 0.6 is 0 Å². The highest BCUT2D eigenvalue weighted by Gasteiger charge is 2.13. The molecule has 3 aromatic rings. The van der Waals surface area contributed by atoms with Gasteiger partial charge in [0.2, 0.25) is 5.75 Å². The van der Waals surface area contributed by atoms with Crippen molar-refractivity contribution in [3.63, 3.8) is 0 Å². The van der Waals surface area contributed by atoms with Crippen LogP contribution in [0.25, 0.3) is 11.3 Å². The Kier molecular flexibility index (Phi) is 5.04. The number of pyridine rings is 1. The van der Waals surface area contributed by atoms with E-state index in [1.807, 2.05) is 60.7 Å². The second kappa shape index (κ2) is 7.57. The molecule has 25 heavy (non-hydrogen) atoms. The molecule has 128 valence electrons. The molecule has 3 rings (SSSR count). The van der Waals surface area contributed by atoms with Crippen molar-refractivity contribution in [1.29, 1.82) is 0 Å². The largest absolute Gasteiger partial charge is 0.493 e. The summed E-state index contributed by atoms with van der Waals surface area (Å²) in [6, 6.07) is 19.6. The second-order valence-electron chi connectivity index (χ2n) is 5.31. The van der Waals surface area contributed by atoms with Gasteiger partial charge in [-0.1, -0.05) is 36.4 Å². The van der Waals surface area contributed by atoms with Crippen LogP contribution in [0.3, 0.4) is 0 Å². The van der Waals surface area contributed by atoms with Gasteiger partial charge in [0.15, 0.2) is 11.5 Å². The van der Waals surface area contributed by atoms with Crippen molar-refractivity contribution in [3.05, 3.63) is 60.7 Å². The molecule has 5 nitrogen and oxygen atoms in total. The third-order valence-corrected chi connectivity index (χ3v) is 3.76. The van der Waals surface area contributed by atoms with E-state index in [1.54, 1.807) is 21.3 Å². The molecule has 0 bridgehead atoms. The highest BCUT2D eigenvalue weighted by Crippen LogP contribution is 2.40. The molecular weight excluding hydrogens is 316 g/mol. The molecule has 1 N–H and O–H groups in total. The zero-order chi connectivity index (χ0) is 17.6. The van der Waals surface area contributed by atoms with E-state index in [0.717, 1.165) is 22.8 Å². The molecule has 0 unspecified atom stereocenters. The van der Waals surface area contributed by atoms with Gasteiger partial charge < -0.3 is 19.5 Å². The third kappa shape index (κ3) is 3.66. The fourth-order valence-electron chi connectivity index (χ4n) is 2.58. The van der Waals surface area contributed by atoms with E-state index in [9.17, 15) is 0 Å². The first kappa shape index (κ1) is 16.6. The van der Waals surface area contributed by atoms with Crippen molar-refractivity contribution in [2.75, 3.05) is 26.6 Å². The van der Waals surface area contributed by atoms with Crippen LogP contribution in [0.4, 0.5) is 11.5 Å². The van der Waals surface area contributed by atoms with Gasteiger partial charge >= 0.3 is 0 Å². The number of rotatable bonds is 6. The predicted octanol–water partition coefficient (Wildman–Crippen LogP) is 4.52. The standard InChI is InChI=1S/C20H20N2O3/c1-23-17-12-15(13-18(24-2)20(17)25-3)21-19-11-7-10-16(22-19)14-8-5-4-6-9-14/h4-13H,1-3H3,(H,21,22). The number of benzene rings is 2. The first-order valence-corrected chi connectivity index (χ1v) is 7.84. The Bertz CT molecular complexity index is 826. The maximum atomic E-state index is 5.38. The minimum atomic E-state index is 0.557. The first-order chi connectivity index (χ1) is 12.2. The molecule has 5 heteroatoms. The maximum absolute atomic E-state index is 5.38.